The molecule has 0 nitrogen and oxygen atoms in total. The van der Waals surface area contributed by atoms with Crippen molar-refractivity contribution < 1.29 is 0 Å². The van der Waals surface area contributed by atoms with Crippen LogP contribution in [0.4, 0.5) is 0 Å². The molecule has 0 amide bonds. The van der Waals surface area contributed by atoms with Gasteiger partial charge in [0.2, 0.25) is 0 Å². The zero-order chi connectivity index (χ0) is 14.2. The third-order valence-corrected chi connectivity index (χ3v) is 23.4. The van der Waals surface area contributed by atoms with E-state index in [1.807, 2.05) is 0 Å². The average Bonchev–Trinajstić information content (AvgIpc) is 3.20. The standard InChI is InChI=1S/C16H20P2S2/c1-3-13-5-9-15(10-6-13)20(18(17)19-20)16-11-7-14(4-2)8-12-16/h5-12H,3-4,17H2,1-2H3. The van der Waals surface area contributed by atoms with Crippen LogP contribution in [-0.2, 0) is 12.8 Å². The van der Waals surface area contributed by atoms with Gasteiger partial charge in [-0.05, 0) is 48.2 Å². The van der Waals surface area contributed by atoms with E-state index in [1.54, 1.807) is 9.79 Å². The second-order valence-electron chi connectivity index (χ2n) is 4.88. The molecule has 2 atom stereocenters. The Hall–Kier alpha value is -0.000000000000000111. The van der Waals surface area contributed by atoms with Gasteiger partial charge in [-0.25, -0.2) is 0 Å². The third-order valence-electron chi connectivity index (χ3n) is 3.72. The number of aryl methyl sites for hydroxylation is 2. The molecule has 2 unspecified atom stereocenters. The number of hydrogen-bond donors (Lipinski definition) is 0. The van der Waals surface area contributed by atoms with Crippen LogP contribution in [0.2, 0.25) is 0 Å². The molecule has 2 aromatic carbocycles. The molecular formula is C16H20P2S2. The molecule has 4 heteroatoms. The van der Waals surface area contributed by atoms with E-state index in [-0.39, 0.29) is 6.01 Å². The summed E-state index contributed by atoms with van der Waals surface area (Å²) < 4.78 is 0. The van der Waals surface area contributed by atoms with Crippen LogP contribution in [0.15, 0.2) is 58.3 Å². The van der Waals surface area contributed by atoms with E-state index in [2.05, 4.69) is 81.7 Å². The topological polar surface area (TPSA) is 0 Å². The zero-order valence-corrected chi connectivity index (χ0v) is 15.6. The Labute approximate surface area is 130 Å². The maximum absolute atomic E-state index is 3.10. The van der Waals surface area contributed by atoms with Crippen LogP contribution in [-0.4, -0.2) is 0 Å². The molecule has 0 radical (unpaired) electrons. The Morgan fingerprint density at radius 3 is 1.45 bits per heavy atom. The predicted molar refractivity (Wildman–Crippen MR) is 100.0 cm³/mol. The number of rotatable bonds is 4. The van der Waals surface area contributed by atoms with Gasteiger partial charge in [-0.2, -0.15) is 0 Å². The lowest BCUT2D eigenvalue weighted by atomic mass is 10.2. The first-order chi connectivity index (χ1) is 9.70. The fourth-order valence-electron chi connectivity index (χ4n) is 2.34. The first-order valence-corrected chi connectivity index (χ1v) is 14.1. The zero-order valence-electron chi connectivity index (χ0n) is 11.9. The minimum atomic E-state index is -0.773. The lowest BCUT2D eigenvalue weighted by molar-refractivity contribution is 1.13. The second-order valence-corrected chi connectivity index (χ2v) is 20.1. The molecule has 1 fully saturated rings. The van der Waals surface area contributed by atoms with Crippen LogP contribution >= 0.6 is 34.0 Å². The molecular weight excluding hydrogens is 318 g/mol. The average molecular weight is 338 g/mol. The van der Waals surface area contributed by atoms with Gasteiger partial charge >= 0.3 is 0 Å². The van der Waals surface area contributed by atoms with E-state index in [0.29, 0.717) is 0 Å². The van der Waals surface area contributed by atoms with Crippen molar-refractivity contribution in [2.75, 3.05) is 0 Å². The molecule has 20 heavy (non-hydrogen) atoms. The fourth-order valence-corrected chi connectivity index (χ4v) is 23.2. The van der Waals surface area contributed by atoms with Crippen molar-refractivity contribution in [2.45, 2.75) is 36.5 Å². The quantitative estimate of drug-likeness (QED) is 0.336. The largest absolute Gasteiger partial charge is 0.0987 e. The first-order valence-electron chi connectivity index (χ1n) is 6.96. The molecule has 1 saturated heterocycles. The molecule has 0 aliphatic carbocycles. The Kier molecular flexibility index (Phi) is 4.48. The van der Waals surface area contributed by atoms with Crippen LogP contribution in [0.3, 0.4) is 0 Å². The fraction of sp³-hybridized carbons (Fsp3) is 0.250. The van der Waals surface area contributed by atoms with Crippen molar-refractivity contribution in [3.63, 3.8) is 0 Å². The predicted octanol–water partition coefficient (Wildman–Crippen LogP) is 6.80. The minimum absolute atomic E-state index is 0.0182. The van der Waals surface area contributed by atoms with Gasteiger partial charge < -0.3 is 0 Å². The maximum Gasteiger partial charge on any atom is 0.0421 e. The van der Waals surface area contributed by atoms with Crippen LogP contribution in [0.1, 0.15) is 25.0 Å². The highest BCUT2D eigenvalue weighted by molar-refractivity contribution is 9.61. The summed E-state index contributed by atoms with van der Waals surface area (Å²) in [6.45, 7) is 4.44. The summed E-state index contributed by atoms with van der Waals surface area (Å²) in [4.78, 5) is 3.09. The first kappa shape index (κ1) is 14.9. The number of hydrogen-bond acceptors (Lipinski definition) is 1. The highest BCUT2D eigenvalue weighted by Crippen LogP contribution is 3.17. The van der Waals surface area contributed by atoms with Gasteiger partial charge in [-0.1, -0.05) is 66.1 Å². The van der Waals surface area contributed by atoms with Gasteiger partial charge in [0.1, 0.15) is 0 Å². The Morgan fingerprint density at radius 1 is 0.850 bits per heavy atom. The molecule has 0 N–H and O–H groups in total. The van der Waals surface area contributed by atoms with Gasteiger partial charge in [0, 0.05) is 15.8 Å². The Bertz CT molecular complexity index is 545. The molecule has 106 valence electrons. The lowest BCUT2D eigenvalue weighted by Crippen LogP contribution is -1.86. The van der Waals surface area contributed by atoms with Crippen LogP contribution in [0.5, 0.6) is 0 Å². The Balaban J connectivity index is 1.97. The summed E-state index contributed by atoms with van der Waals surface area (Å²) in [6, 6.07) is 18.7. The monoisotopic (exact) mass is 338 g/mol. The van der Waals surface area contributed by atoms with Crippen molar-refractivity contribution in [3.05, 3.63) is 59.7 Å². The summed E-state index contributed by atoms with van der Waals surface area (Å²) in [5, 5.41) is 0. The highest BCUT2D eigenvalue weighted by atomic mass is 33.9. The second kappa shape index (κ2) is 6.01. The van der Waals surface area contributed by atoms with E-state index in [9.17, 15) is 0 Å². The summed E-state index contributed by atoms with van der Waals surface area (Å²) in [5.74, 6) is 0. The smallest absolute Gasteiger partial charge is 0.0421 e. The number of benzene rings is 2. The summed E-state index contributed by atoms with van der Waals surface area (Å²) in [7, 11) is 4.51. The van der Waals surface area contributed by atoms with Gasteiger partial charge in [0.25, 0.3) is 0 Å². The van der Waals surface area contributed by atoms with Crippen molar-refractivity contribution in [3.8, 4) is 0 Å². The SMILES string of the molecule is CCc1ccc(S2(c3ccc(CC)cc3)SP2P)cc1. The molecule has 3 rings (SSSR count). The molecule has 0 spiro atoms. The molecule has 0 bridgehead atoms. The van der Waals surface area contributed by atoms with Gasteiger partial charge in [-0.15, -0.1) is 0 Å². The highest BCUT2D eigenvalue weighted by Gasteiger charge is 2.51. The normalized spacial score (nSPS) is 21.4. The Morgan fingerprint density at radius 2 is 1.20 bits per heavy atom. The van der Waals surface area contributed by atoms with Crippen LogP contribution in [0.25, 0.3) is 0 Å². The van der Waals surface area contributed by atoms with Crippen LogP contribution < -0.4 is 0 Å². The molecule has 1 aliphatic rings. The van der Waals surface area contributed by atoms with E-state index < -0.39 is 8.68 Å². The van der Waals surface area contributed by atoms with Crippen LogP contribution in [0, 0.1) is 0 Å². The van der Waals surface area contributed by atoms with Gasteiger partial charge in [-0.3, -0.25) is 0 Å². The molecule has 0 saturated carbocycles. The van der Waals surface area contributed by atoms with Crippen molar-refractivity contribution in [2.24, 2.45) is 0 Å². The summed E-state index contributed by atoms with van der Waals surface area (Å²) >= 11 is 0. The summed E-state index contributed by atoms with van der Waals surface area (Å²) in [5.41, 5.74) is 2.87. The molecule has 1 aliphatic heterocycles. The minimum Gasteiger partial charge on any atom is -0.0987 e. The van der Waals surface area contributed by atoms with Crippen molar-refractivity contribution >= 4 is 34.0 Å². The van der Waals surface area contributed by atoms with E-state index in [0.717, 1.165) is 12.8 Å². The van der Waals surface area contributed by atoms with Gasteiger partial charge in [0.15, 0.2) is 0 Å². The van der Waals surface area contributed by atoms with E-state index >= 15 is 0 Å². The lowest BCUT2D eigenvalue weighted by Gasteiger charge is -2.20. The maximum atomic E-state index is 3.10. The van der Waals surface area contributed by atoms with Gasteiger partial charge in [0.05, 0.1) is 0 Å². The molecule has 1 heterocycles. The van der Waals surface area contributed by atoms with Crippen molar-refractivity contribution in [1.29, 1.82) is 0 Å². The summed E-state index contributed by atoms with van der Waals surface area (Å²) in [6.07, 6.45) is 2.24. The molecule has 0 aromatic heterocycles. The van der Waals surface area contributed by atoms with E-state index in [4.69, 9.17) is 0 Å². The van der Waals surface area contributed by atoms with Crippen molar-refractivity contribution in [1.82, 2.24) is 0 Å². The molecule has 2 aromatic rings. The van der Waals surface area contributed by atoms with E-state index in [1.165, 1.54) is 11.1 Å². The third kappa shape index (κ3) is 2.57.